The van der Waals surface area contributed by atoms with Crippen LogP contribution in [0.2, 0.25) is 5.02 Å². The molecule has 1 aliphatic rings. The molecular weight excluding hydrogens is 264 g/mol. The predicted octanol–water partition coefficient (Wildman–Crippen LogP) is 3.37. The van der Waals surface area contributed by atoms with Gasteiger partial charge in [0.15, 0.2) is 0 Å². The molecular formula is C12H12Cl2FNO. The van der Waals surface area contributed by atoms with E-state index < -0.39 is 5.82 Å². The van der Waals surface area contributed by atoms with Gasteiger partial charge >= 0.3 is 0 Å². The van der Waals surface area contributed by atoms with Gasteiger partial charge in [-0.2, -0.15) is 0 Å². The lowest BCUT2D eigenvalue weighted by Gasteiger charge is -2.15. The SMILES string of the molecule is O=C(NC1CCCC1Cl)c1ccc(F)c(Cl)c1. The van der Waals surface area contributed by atoms with Crippen LogP contribution < -0.4 is 5.32 Å². The summed E-state index contributed by atoms with van der Waals surface area (Å²) in [7, 11) is 0. The summed E-state index contributed by atoms with van der Waals surface area (Å²) >= 11 is 11.7. The molecule has 1 aromatic carbocycles. The number of alkyl halides is 1. The number of halogens is 3. The molecule has 2 atom stereocenters. The summed E-state index contributed by atoms with van der Waals surface area (Å²) in [5, 5.41) is 2.77. The van der Waals surface area contributed by atoms with Crippen LogP contribution in [0.1, 0.15) is 29.6 Å². The Morgan fingerprint density at radius 3 is 2.76 bits per heavy atom. The van der Waals surface area contributed by atoms with Crippen molar-refractivity contribution in [1.29, 1.82) is 0 Å². The summed E-state index contributed by atoms with van der Waals surface area (Å²) < 4.78 is 12.9. The summed E-state index contributed by atoms with van der Waals surface area (Å²) in [6.07, 6.45) is 2.81. The van der Waals surface area contributed by atoms with Crippen molar-refractivity contribution in [3.05, 3.63) is 34.6 Å². The Balaban J connectivity index is 2.06. The van der Waals surface area contributed by atoms with Crippen LogP contribution in [-0.4, -0.2) is 17.3 Å². The van der Waals surface area contributed by atoms with Crippen LogP contribution in [0, 0.1) is 5.82 Å². The van der Waals surface area contributed by atoms with Crippen molar-refractivity contribution < 1.29 is 9.18 Å². The van der Waals surface area contributed by atoms with E-state index >= 15 is 0 Å². The highest BCUT2D eigenvalue weighted by molar-refractivity contribution is 6.31. The van der Waals surface area contributed by atoms with Crippen molar-refractivity contribution in [2.24, 2.45) is 0 Å². The third-order valence-corrected chi connectivity index (χ3v) is 3.74. The van der Waals surface area contributed by atoms with Gasteiger partial charge < -0.3 is 5.32 Å². The minimum Gasteiger partial charge on any atom is -0.348 e. The van der Waals surface area contributed by atoms with Crippen molar-refractivity contribution in [2.75, 3.05) is 0 Å². The summed E-state index contributed by atoms with van der Waals surface area (Å²) in [6, 6.07) is 3.91. The van der Waals surface area contributed by atoms with Crippen molar-refractivity contribution in [2.45, 2.75) is 30.7 Å². The van der Waals surface area contributed by atoms with E-state index in [0.717, 1.165) is 19.3 Å². The molecule has 0 aromatic heterocycles. The average molecular weight is 276 g/mol. The van der Waals surface area contributed by atoms with Gasteiger partial charge in [-0.25, -0.2) is 4.39 Å². The summed E-state index contributed by atoms with van der Waals surface area (Å²) in [6.45, 7) is 0. The van der Waals surface area contributed by atoms with Crippen LogP contribution in [0.5, 0.6) is 0 Å². The van der Waals surface area contributed by atoms with E-state index in [2.05, 4.69) is 5.32 Å². The molecule has 1 fully saturated rings. The minimum atomic E-state index is -0.528. The molecule has 0 bridgehead atoms. The quantitative estimate of drug-likeness (QED) is 0.824. The highest BCUT2D eigenvalue weighted by atomic mass is 35.5. The Bertz CT molecular complexity index is 439. The lowest BCUT2D eigenvalue weighted by Crippen LogP contribution is -2.37. The fraction of sp³-hybridized carbons (Fsp3) is 0.417. The van der Waals surface area contributed by atoms with Crippen molar-refractivity contribution in [3.8, 4) is 0 Å². The molecule has 17 heavy (non-hydrogen) atoms. The number of carbonyl (C=O) groups excluding carboxylic acids is 1. The molecule has 2 rings (SSSR count). The van der Waals surface area contributed by atoms with Crippen molar-refractivity contribution in [3.63, 3.8) is 0 Å². The molecule has 1 N–H and O–H groups in total. The monoisotopic (exact) mass is 275 g/mol. The van der Waals surface area contributed by atoms with Crippen LogP contribution in [0.25, 0.3) is 0 Å². The van der Waals surface area contributed by atoms with Gasteiger partial charge in [-0.3, -0.25) is 4.79 Å². The van der Waals surface area contributed by atoms with E-state index in [-0.39, 0.29) is 22.3 Å². The second kappa shape index (κ2) is 5.23. The van der Waals surface area contributed by atoms with Crippen molar-refractivity contribution >= 4 is 29.1 Å². The first-order valence-corrected chi connectivity index (χ1v) is 6.29. The van der Waals surface area contributed by atoms with Gasteiger partial charge in [-0.1, -0.05) is 11.6 Å². The number of carbonyl (C=O) groups is 1. The number of hydrogen-bond acceptors (Lipinski definition) is 1. The van der Waals surface area contributed by atoms with Crippen LogP contribution in [0.15, 0.2) is 18.2 Å². The maximum absolute atomic E-state index is 12.9. The Morgan fingerprint density at radius 1 is 1.41 bits per heavy atom. The zero-order chi connectivity index (χ0) is 12.4. The van der Waals surface area contributed by atoms with E-state index in [0.29, 0.717) is 5.56 Å². The molecule has 0 heterocycles. The van der Waals surface area contributed by atoms with E-state index in [1.807, 2.05) is 0 Å². The fourth-order valence-corrected chi connectivity index (χ4v) is 2.49. The van der Waals surface area contributed by atoms with Gasteiger partial charge in [0.2, 0.25) is 0 Å². The molecule has 1 aromatic rings. The van der Waals surface area contributed by atoms with Gasteiger partial charge in [-0.15, -0.1) is 11.6 Å². The van der Waals surface area contributed by atoms with Gasteiger partial charge in [0.05, 0.1) is 10.4 Å². The zero-order valence-electron chi connectivity index (χ0n) is 9.05. The Kier molecular flexibility index (Phi) is 3.89. The molecule has 0 spiro atoms. The average Bonchev–Trinajstić information content (AvgIpc) is 2.68. The zero-order valence-corrected chi connectivity index (χ0v) is 10.6. The van der Waals surface area contributed by atoms with E-state index in [9.17, 15) is 9.18 Å². The third-order valence-electron chi connectivity index (χ3n) is 2.93. The molecule has 5 heteroatoms. The number of hydrogen-bond donors (Lipinski definition) is 1. The first-order valence-electron chi connectivity index (χ1n) is 5.48. The first-order chi connectivity index (χ1) is 8.08. The smallest absolute Gasteiger partial charge is 0.251 e. The number of rotatable bonds is 2. The molecule has 0 saturated heterocycles. The molecule has 0 radical (unpaired) electrons. The standard InChI is InChI=1S/C12H12Cl2FNO/c13-8-2-1-3-11(8)16-12(17)7-4-5-10(15)9(14)6-7/h4-6,8,11H,1-3H2,(H,16,17). The maximum atomic E-state index is 12.9. The topological polar surface area (TPSA) is 29.1 Å². The summed E-state index contributed by atoms with van der Waals surface area (Å²) in [4.78, 5) is 11.9. The molecule has 1 aliphatic carbocycles. The third kappa shape index (κ3) is 2.90. The molecule has 0 aliphatic heterocycles. The number of nitrogens with one attached hydrogen (secondary N) is 1. The fourth-order valence-electron chi connectivity index (χ4n) is 1.97. The Labute approximate surface area is 109 Å². The van der Waals surface area contributed by atoms with E-state index in [1.54, 1.807) is 0 Å². The Hall–Kier alpha value is -0.800. The lowest BCUT2D eigenvalue weighted by molar-refractivity contribution is 0.0938. The lowest BCUT2D eigenvalue weighted by atomic mass is 10.1. The van der Waals surface area contributed by atoms with E-state index in [4.69, 9.17) is 23.2 Å². The van der Waals surface area contributed by atoms with Crippen molar-refractivity contribution in [1.82, 2.24) is 5.32 Å². The highest BCUT2D eigenvalue weighted by Crippen LogP contribution is 2.24. The number of benzene rings is 1. The molecule has 1 saturated carbocycles. The predicted molar refractivity (Wildman–Crippen MR) is 66.2 cm³/mol. The molecule has 2 nitrogen and oxygen atoms in total. The summed E-state index contributed by atoms with van der Waals surface area (Å²) in [5.74, 6) is -0.788. The van der Waals surface area contributed by atoms with Gasteiger partial charge in [0.1, 0.15) is 5.82 Å². The first kappa shape index (κ1) is 12.7. The molecule has 2 unspecified atom stereocenters. The van der Waals surface area contributed by atoms with Gasteiger partial charge in [0, 0.05) is 11.6 Å². The molecule has 1 amide bonds. The van der Waals surface area contributed by atoms with Crippen LogP contribution >= 0.6 is 23.2 Å². The largest absolute Gasteiger partial charge is 0.348 e. The van der Waals surface area contributed by atoms with Crippen LogP contribution in [0.3, 0.4) is 0 Å². The van der Waals surface area contributed by atoms with Crippen LogP contribution in [0.4, 0.5) is 4.39 Å². The normalized spacial score (nSPS) is 23.7. The van der Waals surface area contributed by atoms with Gasteiger partial charge in [0.25, 0.3) is 5.91 Å². The Morgan fingerprint density at radius 2 is 2.18 bits per heavy atom. The second-order valence-electron chi connectivity index (χ2n) is 4.16. The number of amides is 1. The van der Waals surface area contributed by atoms with Crippen LogP contribution in [-0.2, 0) is 0 Å². The minimum absolute atomic E-state index is 0.00649. The van der Waals surface area contributed by atoms with E-state index in [1.165, 1.54) is 18.2 Å². The molecule has 92 valence electrons. The van der Waals surface area contributed by atoms with Gasteiger partial charge in [-0.05, 0) is 37.5 Å². The summed E-state index contributed by atoms with van der Waals surface area (Å²) in [5.41, 5.74) is 0.354. The maximum Gasteiger partial charge on any atom is 0.251 e. The second-order valence-corrected chi connectivity index (χ2v) is 5.12. The highest BCUT2D eigenvalue weighted by Gasteiger charge is 2.26.